The smallest absolute Gasteiger partial charge is 0.433 e. The summed E-state index contributed by atoms with van der Waals surface area (Å²) in [6, 6.07) is 6.86. The Morgan fingerprint density at radius 3 is 2.15 bits per heavy atom. The van der Waals surface area contributed by atoms with Crippen LogP contribution in [0.3, 0.4) is 0 Å². The Hall–Kier alpha value is -2.08. The van der Waals surface area contributed by atoms with Gasteiger partial charge >= 0.3 is 12.1 Å². The number of hydrogen-bond acceptors (Lipinski definition) is 6. The lowest BCUT2D eigenvalue weighted by Crippen LogP contribution is -2.13. The highest BCUT2D eigenvalue weighted by Crippen LogP contribution is 2.22. The molecular weight excluding hydrogens is 264 g/mol. The van der Waals surface area contributed by atoms with E-state index in [1.54, 1.807) is 19.1 Å². The maximum Gasteiger partial charge on any atom is 0.543 e. The van der Waals surface area contributed by atoms with Gasteiger partial charge in [0.15, 0.2) is 0 Å². The van der Waals surface area contributed by atoms with Crippen molar-refractivity contribution in [1.82, 2.24) is 0 Å². The lowest BCUT2D eigenvalue weighted by molar-refractivity contribution is -0.452. The molecule has 0 aliphatic carbocycles. The van der Waals surface area contributed by atoms with E-state index in [1.165, 1.54) is 0 Å². The number of carbonyl (C=O) groups excluding carboxylic acids is 2. The van der Waals surface area contributed by atoms with Crippen molar-refractivity contribution in [3.63, 3.8) is 0 Å². The van der Waals surface area contributed by atoms with Crippen molar-refractivity contribution in [2.75, 3.05) is 6.61 Å². The fourth-order valence-electron chi connectivity index (χ4n) is 1.37. The summed E-state index contributed by atoms with van der Waals surface area (Å²) in [5, 5.41) is 4.04. The minimum Gasteiger partial charge on any atom is -0.433 e. The predicted octanol–water partition coefficient (Wildman–Crippen LogP) is 3.16. The van der Waals surface area contributed by atoms with Crippen LogP contribution < -0.4 is 0 Å². The summed E-state index contributed by atoms with van der Waals surface area (Å²) in [4.78, 5) is 30.7. The number of benzene rings is 1. The zero-order valence-corrected chi connectivity index (χ0v) is 12.0. The Labute approximate surface area is 117 Å². The van der Waals surface area contributed by atoms with Crippen molar-refractivity contribution < 1.29 is 29.1 Å². The normalized spacial score (nSPS) is 10.8. The molecule has 110 valence electrons. The van der Waals surface area contributed by atoms with Crippen molar-refractivity contribution in [3.05, 3.63) is 35.4 Å². The van der Waals surface area contributed by atoms with Crippen LogP contribution in [0, 0.1) is 0 Å². The molecule has 0 amide bonds. The maximum absolute atomic E-state index is 11.6. The highest BCUT2D eigenvalue weighted by Gasteiger charge is 2.16. The summed E-state index contributed by atoms with van der Waals surface area (Å²) >= 11 is 0. The van der Waals surface area contributed by atoms with Crippen LogP contribution in [0.1, 0.15) is 43.6 Å². The minimum absolute atomic E-state index is 0.00798. The standard InChI is InChI=1S/C14H18O6/c1-5-17-13(16)19-20-18-12(15)10-6-8-11(9-7-10)14(2,3)4/h6-9H,5H2,1-4H3. The summed E-state index contributed by atoms with van der Waals surface area (Å²) in [5.41, 5.74) is 1.36. The van der Waals surface area contributed by atoms with Gasteiger partial charge in [0, 0.05) is 0 Å². The molecule has 0 N–H and O–H groups in total. The third kappa shape index (κ3) is 4.89. The van der Waals surface area contributed by atoms with E-state index in [2.05, 4.69) is 40.3 Å². The van der Waals surface area contributed by atoms with E-state index in [9.17, 15) is 9.59 Å². The maximum atomic E-state index is 11.6. The monoisotopic (exact) mass is 282 g/mol. The first-order valence-corrected chi connectivity index (χ1v) is 6.17. The fraction of sp³-hybridized carbons (Fsp3) is 0.429. The van der Waals surface area contributed by atoms with Crippen LogP contribution in [-0.2, 0) is 25.0 Å². The van der Waals surface area contributed by atoms with E-state index < -0.39 is 12.1 Å². The second kappa shape index (κ2) is 6.91. The lowest BCUT2D eigenvalue weighted by atomic mass is 9.87. The topological polar surface area (TPSA) is 71.1 Å². The van der Waals surface area contributed by atoms with Crippen molar-refractivity contribution in [2.24, 2.45) is 0 Å². The molecule has 0 saturated heterocycles. The molecule has 0 aliphatic rings. The average Bonchev–Trinajstić information content (AvgIpc) is 2.38. The molecule has 0 radical (unpaired) electrons. The molecule has 1 rings (SSSR count). The largest absolute Gasteiger partial charge is 0.543 e. The van der Waals surface area contributed by atoms with E-state index in [0.29, 0.717) is 0 Å². The van der Waals surface area contributed by atoms with Gasteiger partial charge in [-0.2, -0.15) is 0 Å². The first-order valence-electron chi connectivity index (χ1n) is 6.17. The van der Waals surface area contributed by atoms with Crippen LogP contribution in [0.2, 0.25) is 0 Å². The van der Waals surface area contributed by atoms with Gasteiger partial charge < -0.3 is 4.74 Å². The molecule has 6 heteroatoms. The molecule has 1 aromatic carbocycles. The van der Waals surface area contributed by atoms with Gasteiger partial charge in [-0.15, -0.1) is 0 Å². The van der Waals surface area contributed by atoms with Crippen LogP contribution >= 0.6 is 0 Å². The van der Waals surface area contributed by atoms with Gasteiger partial charge in [0.1, 0.15) is 0 Å². The molecule has 0 atom stereocenters. The summed E-state index contributed by atoms with van der Waals surface area (Å²) < 4.78 is 4.41. The Morgan fingerprint density at radius 2 is 1.65 bits per heavy atom. The molecule has 0 bridgehead atoms. The van der Waals surface area contributed by atoms with Crippen LogP contribution in [-0.4, -0.2) is 18.7 Å². The molecule has 20 heavy (non-hydrogen) atoms. The zero-order valence-electron chi connectivity index (χ0n) is 12.0. The first-order chi connectivity index (χ1) is 9.34. The van der Waals surface area contributed by atoms with Gasteiger partial charge in [-0.3, -0.25) is 4.89 Å². The fourth-order valence-corrected chi connectivity index (χ4v) is 1.37. The molecular formula is C14H18O6. The van der Waals surface area contributed by atoms with E-state index >= 15 is 0 Å². The van der Waals surface area contributed by atoms with Gasteiger partial charge in [-0.25, -0.2) is 14.5 Å². The Kier molecular flexibility index (Phi) is 5.52. The average molecular weight is 282 g/mol. The predicted molar refractivity (Wildman–Crippen MR) is 69.7 cm³/mol. The SMILES string of the molecule is CCOC(=O)OOOC(=O)c1ccc(C(C)(C)C)cc1. The van der Waals surface area contributed by atoms with E-state index in [1.807, 2.05) is 12.1 Å². The van der Waals surface area contributed by atoms with Crippen LogP contribution in [0.25, 0.3) is 0 Å². The molecule has 0 saturated carbocycles. The van der Waals surface area contributed by atoms with Gasteiger partial charge in [-0.1, -0.05) is 32.9 Å². The molecule has 0 spiro atoms. The Morgan fingerprint density at radius 1 is 1.05 bits per heavy atom. The number of ether oxygens (including phenoxy) is 1. The molecule has 0 aliphatic heterocycles. The molecule has 0 fully saturated rings. The number of rotatable bonds is 4. The molecule has 0 aromatic heterocycles. The minimum atomic E-state index is -1.08. The lowest BCUT2D eigenvalue weighted by Gasteiger charge is -2.18. The molecule has 1 aromatic rings. The summed E-state index contributed by atoms with van der Waals surface area (Å²) in [7, 11) is 0. The van der Waals surface area contributed by atoms with Crippen molar-refractivity contribution >= 4 is 12.1 Å². The molecule has 6 nitrogen and oxygen atoms in total. The van der Waals surface area contributed by atoms with E-state index in [4.69, 9.17) is 0 Å². The van der Waals surface area contributed by atoms with Crippen molar-refractivity contribution in [3.8, 4) is 0 Å². The summed E-state index contributed by atoms with van der Waals surface area (Å²) in [6.45, 7) is 7.93. The van der Waals surface area contributed by atoms with Crippen molar-refractivity contribution in [2.45, 2.75) is 33.1 Å². The molecule has 0 unspecified atom stereocenters. The quantitative estimate of drug-likeness (QED) is 0.480. The van der Waals surface area contributed by atoms with Crippen molar-refractivity contribution in [1.29, 1.82) is 0 Å². The zero-order chi connectivity index (χ0) is 15.2. The van der Waals surface area contributed by atoms with Gasteiger partial charge in [0.25, 0.3) is 0 Å². The highest BCUT2D eigenvalue weighted by molar-refractivity contribution is 5.88. The van der Waals surface area contributed by atoms with E-state index in [0.717, 1.165) is 5.56 Å². The van der Waals surface area contributed by atoms with Crippen LogP contribution in [0.4, 0.5) is 4.79 Å². The highest BCUT2D eigenvalue weighted by atomic mass is 17.5. The van der Waals surface area contributed by atoms with Gasteiger partial charge in [0.2, 0.25) is 0 Å². The molecule has 0 heterocycles. The third-order valence-corrected chi connectivity index (χ3v) is 2.46. The Bertz CT molecular complexity index is 458. The third-order valence-electron chi connectivity index (χ3n) is 2.46. The second-order valence-electron chi connectivity index (χ2n) is 5.03. The summed E-state index contributed by atoms with van der Waals surface area (Å²) in [5.74, 6) is -0.769. The first kappa shape index (κ1) is 16.0. The Balaban J connectivity index is 2.50. The van der Waals surface area contributed by atoms with Crippen LogP contribution in [0.5, 0.6) is 0 Å². The van der Waals surface area contributed by atoms with Crippen LogP contribution in [0.15, 0.2) is 24.3 Å². The second-order valence-corrected chi connectivity index (χ2v) is 5.03. The van der Waals surface area contributed by atoms with Gasteiger partial charge in [0.05, 0.1) is 17.2 Å². The number of carbonyl (C=O) groups is 2. The number of hydrogen-bond donors (Lipinski definition) is 0. The van der Waals surface area contributed by atoms with Gasteiger partial charge in [-0.05, 0) is 30.0 Å². The van der Waals surface area contributed by atoms with E-state index in [-0.39, 0.29) is 17.6 Å². The summed E-state index contributed by atoms with van der Waals surface area (Å²) in [6.07, 6.45) is -1.08.